The van der Waals surface area contributed by atoms with Crippen LogP contribution >= 0.6 is 0 Å². The van der Waals surface area contributed by atoms with Gasteiger partial charge in [0.1, 0.15) is 35.7 Å². The van der Waals surface area contributed by atoms with Gasteiger partial charge >= 0.3 is 0 Å². The van der Waals surface area contributed by atoms with Gasteiger partial charge in [0.05, 0.1) is 0 Å². The van der Waals surface area contributed by atoms with Gasteiger partial charge in [0.2, 0.25) is 11.2 Å². The van der Waals surface area contributed by atoms with Gasteiger partial charge in [-0.2, -0.15) is 0 Å². The van der Waals surface area contributed by atoms with Crippen LogP contribution in [0, 0.1) is 0 Å². The Bertz CT molecular complexity index is 1810. The van der Waals surface area contributed by atoms with Gasteiger partial charge in [-0.25, -0.2) is 0 Å². The first-order valence-electron chi connectivity index (χ1n) is 13.4. The van der Waals surface area contributed by atoms with Gasteiger partial charge in [0, 0.05) is 5.56 Å². The zero-order valence-corrected chi connectivity index (χ0v) is 22.3. The highest BCUT2D eigenvalue weighted by Crippen LogP contribution is 2.35. The Morgan fingerprint density at radius 3 is 1.78 bits per heavy atom. The van der Waals surface area contributed by atoms with Gasteiger partial charge in [-0.05, 0) is 65.1 Å². The van der Waals surface area contributed by atoms with Crippen LogP contribution in [0.1, 0.15) is 22.3 Å². The fraction of sp³-hybridized carbons (Fsp3) is 0.0833. The minimum absolute atomic E-state index is 0.1000. The molecule has 5 aromatic carbocycles. The van der Waals surface area contributed by atoms with E-state index in [1.165, 1.54) is 0 Å². The summed E-state index contributed by atoms with van der Waals surface area (Å²) >= 11 is 0. The van der Waals surface area contributed by atoms with Gasteiger partial charge in [-0.15, -0.1) is 0 Å². The Morgan fingerprint density at radius 1 is 0.610 bits per heavy atom. The molecule has 0 aliphatic rings. The molecule has 1 aromatic heterocycles. The molecule has 5 nitrogen and oxygen atoms in total. The van der Waals surface area contributed by atoms with Crippen molar-refractivity contribution in [1.82, 2.24) is 0 Å². The maximum absolute atomic E-state index is 13.5. The molecule has 202 valence electrons. The Morgan fingerprint density at radius 2 is 1.17 bits per heavy atom. The van der Waals surface area contributed by atoms with Crippen molar-refractivity contribution in [3.8, 4) is 28.6 Å². The molecule has 0 aliphatic carbocycles. The third-order valence-electron chi connectivity index (χ3n) is 6.85. The average Bonchev–Trinajstić information content (AvgIpc) is 3.02. The molecule has 0 bridgehead atoms. The summed E-state index contributed by atoms with van der Waals surface area (Å²) < 4.78 is 18.3. The number of fused-ring (bicyclic) bond motifs is 1. The number of benzene rings is 5. The van der Waals surface area contributed by atoms with Crippen LogP contribution in [0.15, 0.2) is 137 Å². The van der Waals surface area contributed by atoms with E-state index >= 15 is 0 Å². The molecule has 0 amide bonds. The largest absolute Gasteiger partial charge is 0.502 e. The zero-order valence-electron chi connectivity index (χ0n) is 22.3. The van der Waals surface area contributed by atoms with Crippen LogP contribution in [0.5, 0.6) is 17.2 Å². The molecule has 6 rings (SSSR count). The lowest BCUT2D eigenvalue weighted by Crippen LogP contribution is -2.07. The first-order chi connectivity index (χ1) is 20.1. The molecule has 0 radical (unpaired) electrons. The Balaban J connectivity index is 1.35. The maximum atomic E-state index is 13.5. The van der Waals surface area contributed by atoms with Crippen LogP contribution in [0.4, 0.5) is 0 Å². The van der Waals surface area contributed by atoms with Crippen molar-refractivity contribution in [1.29, 1.82) is 0 Å². The van der Waals surface area contributed by atoms with Gasteiger partial charge in [0.15, 0.2) is 5.76 Å². The summed E-state index contributed by atoms with van der Waals surface area (Å²) in [5.74, 6) is 0.679. The van der Waals surface area contributed by atoms with Crippen molar-refractivity contribution in [2.75, 3.05) is 0 Å². The third-order valence-corrected chi connectivity index (χ3v) is 6.85. The molecule has 0 atom stereocenters. The quantitative estimate of drug-likeness (QED) is 0.202. The monoisotopic (exact) mass is 540 g/mol. The Labute approximate surface area is 237 Å². The second kappa shape index (κ2) is 11.8. The van der Waals surface area contributed by atoms with Crippen molar-refractivity contribution < 1.29 is 19.0 Å². The molecule has 0 saturated carbocycles. The topological polar surface area (TPSA) is 68.9 Å². The molecule has 41 heavy (non-hydrogen) atoms. The summed E-state index contributed by atoms with van der Waals surface area (Å²) in [6, 6.07) is 40.5. The number of rotatable bonds is 9. The molecular formula is C36H28O5. The lowest BCUT2D eigenvalue weighted by atomic mass is 10.0. The normalized spacial score (nSPS) is 10.9. The van der Waals surface area contributed by atoms with Gasteiger partial charge in [0.25, 0.3) is 0 Å². The van der Waals surface area contributed by atoms with E-state index in [4.69, 9.17) is 13.9 Å². The highest BCUT2D eigenvalue weighted by Gasteiger charge is 2.20. The van der Waals surface area contributed by atoms with Crippen LogP contribution < -0.4 is 14.9 Å². The van der Waals surface area contributed by atoms with E-state index in [-0.39, 0.29) is 17.8 Å². The minimum Gasteiger partial charge on any atom is -0.502 e. The molecule has 0 unspecified atom stereocenters. The number of aromatic hydroxyl groups is 1. The lowest BCUT2D eigenvalue weighted by Gasteiger charge is -2.14. The maximum Gasteiger partial charge on any atom is 0.238 e. The predicted molar refractivity (Wildman–Crippen MR) is 160 cm³/mol. The molecule has 0 spiro atoms. The molecule has 1 N–H and O–H groups in total. The molecule has 0 saturated heterocycles. The van der Waals surface area contributed by atoms with Crippen LogP contribution in [-0.2, 0) is 19.6 Å². The molecular weight excluding hydrogens is 512 g/mol. The van der Waals surface area contributed by atoms with Crippen molar-refractivity contribution in [3.05, 3.63) is 160 Å². The standard InChI is InChI=1S/C36H28O5/c37-34-33-31(40-24-27-14-8-3-9-15-27)21-28(20-25-10-4-1-5-11-25)22-32(33)41-36(35(34)38)29-16-18-30(19-17-29)39-23-26-12-6-2-7-13-26/h1-19,21-22,38H,20,23-24H2. The van der Waals surface area contributed by atoms with Crippen molar-refractivity contribution >= 4 is 11.0 Å². The zero-order chi connectivity index (χ0) is 28.0. The van der Waals surface area contributed by atoms with E-state index in [9.17, 15) is 9.90 Å². The first-order valence-corrected chi connectivity index (χ1v) is 13.4. The smallest absolute Gasteiger partial charge is 0.238 e. The summed E-state index contributed by atoms with van der Waals surface area (Å²) in [6.07, 6.45) is 0.631. The van der Waals surface area contributed by atoms with Gasteiger partial charge in [-0.1, -0.05) is 91.0 Å². The summed E-state index contributed by atoms with van der Waals surface area (Å²) in [4.78, 5) is 13.5. The van der Waals surface area contributed by atoms with Crippen molar-refractivity contribution in [2.45, 2.75) is 19.6 Å². The predicted octanol–water partition coefficient (Wildman–Crippen LogP) is 7.91. The number of hydrogen-bond acceptors (Lipinski definition) is 5. The Hall–Kier alpha value is -5.29. The second-order valence-electron chi connectivity index (χ2n) is 9.81. The lowest BCUT2D eigenvalue weighted by molar-refractivity contribution is 0.306. The van der Waals surface area contributed by atoms with E-state index < -0.39 is 11.2 Å². The molecule has 1 heterocycles. The van der Waals surface area contributed by atoms with Crippen LogP contribution in [0.3, 0.4) is 0 Å². The number of hydrogen-bond donors (Lipinski definition) is 1. The van der Waals surface area contributed by atoms with Crippen molar-refractivity contribution in [3.63, 3.8) is 0 Å². The first kappa shape index (κ1) is 26.0. The molecule has 0 aliphatic heterocycles. The summed E-state index contributed by atoms with van der Waals surface area (Å²) in [6.45, 7) is 0.712. The number of ether oxygens (including phenoxy) is 2. The van der Waals surface area contributed by atoms with E-state index in [1.54, 1.807) is 24.3 Å². The average molecular weight is 541 g/mol. The highest BCUT2D eigenvalue weighted by atomic mass is 16.5. The Kier molecular flexibility index (Phi) is 7.50. The van der Waals surface area contributed by atoms with E-state index in [0.29, 0.717) is 35.7 Å². The fourth-order valence-electron chi connectivity index (χ4n) is 4.75. The van der Waals surface area contributed by atoms with E-state index in [1.807, 2.05) is 91.0 Å². The van der Waals surface area contributed by atoms with Gasteiger partial charge < -0.3 is 19.0 Å². The third kappa shape index (κ3) is 5.99. The second-order valence-corrected chi connectivity index (χ2v) is 9.81. The van der Waals surface area contributed by atoms with Crippen LogP contribution in [-0.4, -0.2) is 5.11 Å². The summed E-state index contributed by atoms with van der Waals surface area (Å²) in [5.41, 5.74) is 4.45. The molecule has 0 fully saturated rings. The van der Waals surface area contributed by atoms with Crippen LogP contribution in [0.2, 0.25) is 0 Å². The van der Waals surface area contributed by atoms with Gasteiger partial charge in [-0.3, -0.25) is 4.79 Å². The minimum atomic E-state index is -0.542. The van der Waals surface area contributed by atoms with E-state index in [2.05, 4.69) is 12.1 Å². The SMILES string of the molecule is O=c1c(O)c(-c2ccc(OCc3ccccc3)cc2)oc2cc(Cc3ccccc3)cc(OCc3ccccc3)c12. The summed E-state index contributed by atoms with van der Waals surface area (Å²) in [5, 5.41) is 11.2. The van der Waals surface area contributed by atoms with Crippen molar-refractivity contribution in [2.24, 2.45) is 0 Å². The van der Waals surface area contributed by atoms with E-state index in [0.717, 1.165) is 22.3 Å². The molecule has 6 aromatic rings. The fourth-order valence-corrected chi connectivity index (χ4v) is 4.75. The molecule has 5 heteroatoms. The highest BCUT2D eigenvalue weighted by molar-refractivity contribution is 5.88. The summed E-state index contributed by atoms with van der Waals surface area (Å²) in [7, 11) is 0. The van der Waals surface area contributed by atoms with Crippen LogP contribution in [0.25, 0.3) is 22.3 Å².